The van der Waals surface area contributed by atoms with Crippen LogP contribution in [0.5, 0.6) is 0 Å². The average molecular weight is 387 g/mol. The summed E-state index contributed by atoms with van der Waals surface area (Å²) in [6.07, 6.45) is 7.37. The highest BCUT2D eigenvalue weighted by Gasteiger charge is 2.25. The number of rotatable bonds is 4. The Bertz CT molecular complexity index is 322. The van der Waals surface area contributed by atoms with Crippen LogP contribution in [0.25, 0.3) is 0 Å². The molecule has 0 unspecified atom stereocenters. The molecule has 24 heavy (non-hydrogen) atoms. The van der Waals surface area contributed by atoms with Gasteiger partial charge in [0, 0.05) is 12.1 Å². The van der Waals surface area contributed by atoms with Crippen LogP contribution in [-0.4, -0.2) is 48.3 Å². The average Bonchev–Trinajstić information content (AvgIpc) is 2.55. The van der Waals surface area contributed by atoms with Crippen LogP contribution in [-0.2, 0) is 9.59 Å². The Hall–Kier alpha value is -0.560. The second-order valence-corrected chi connectivity index (χ2v) is 6.35. The van der Waals surface area contributed by atoms with Gasteiger partial charge in [0.2, 0.25) is 0 Å². The van der Waals surface area contributed by atoms with Gasteiger partial charge in [0.1, 0.15) is 0 Å². The van der Waals surface area contributed by atoms with E-state index in [2.05, 4.69) is 10.6 Å². The summed E-state index contributed by atoms with van der Waals surface area (Å²) in [6, 6.07) is 1.09. The maximum atomic E-state index is 10.5. The highest BCUT2D eigenvalue weighted by Crippen LogP contribution is 2.24. The van der Waals surface area contributed by atoms with E-state index in [0.717, 1.165) is 51.4 Å². The van der Waals surface area contributed by atoms with Gasteiger partial charge in [-0.2, -0.15) is 0 Å². The lowest BCUT2D eigenvalue weighted by Crippen LogP contribution is -2.32. The zero-order chi connectivity index (χ0) is 16.5. The minimum atomic E-state index is -0.625. The van der Waals surface area contributed by atoms with Crippen molar-refractivity contribution in [1.82, 2.24) is 10.6 Å². The van der Waals surface area contributed by atoms with Crippen molar-refractivity contribution in [1.29, 1.82) is 0 Å². The minimum Gasteiger partial charge on any atom is -0.481 e. The summed E-state index contributed by atoms with van der Waals surface area (Å²) in [5.41, 5.74) is 0. The Morgan fingerprint density at radius 1 is 0.667 bits per heavy atom. The minimum absolute atomic E-state index is 0. The van der Waals surface area contributed by atoms with Crippen LogP contribution in [0.4, 0.5) is 0 Å². The van der Waals surface area contributed by atoms with E-state index < -0.39 is 11.9 Å². The molecule has 0 aromatic rings. The number of nitrogens with one attached hydrogen (secondary N) is 2. The lowest BCUT2D eigenvalue weighted by atomic mass is 9.86. The lowest BCUT2D eigenvalue weighted by molar-refractivity contribution is -0.143. The number of carboxylic acids is 2. The van der Waals surface area contributed by atoms with E-state index in [1.165, 1.54) is 0 Å². The number of aliphatic carboxylic acids is 2. The van der Waals surface area contributed by atoms with Crippen molar-refractivity contribution in [2.24, 2.45) is 11.8 Å². The summed E-state index contributed by atoms with van der Waals surface area (Å²) in [4.78, 5) is 21.1. The van der Waals surface area contributed by atoms with Gasteiger partial charge in [0.25, 0.3) is 0 Å². The van der Waals surface area contributed by atoms with Gasteiger partial charge in [-0.05, 0) is 65.5 Å². The first-order chi connectivity index (χ1) is 10.5. The predicted molar refractivity (Wildman–Crippen MR) is 99.4 cm³/mol. The molecule has 0 atom stereocenters. The molecule has 2 fully saturated rings. The molecule has 0 aliphatic heterocycles. The summed E-state index contributed by atoms with van der Waals surface area (Å²) in [7, 11) is 3.87. The van der Waals surface area contributed by atoms with Crippen molar-refractivity contribution in [2.75, 3.05) is 14.1 Å². The van der Waals surface area contributed by atoms with Crippen LogP contribution in [0.1, 0.15) is 51.4 Å². The maximum Gasteiger partial charge on any atom is 0.306 e. The second-order valence-electron chi connectivity index (χ2n) is 6.35. The van der Waals surface area contributed by atoms with Gasteiger partial charge >= 0.3 is 11.9 Å². The van der Waals surface area contributed by atoms with Crippen LogP contribution < -0.4 is 10.6 Å². The van der Waals surface area contributed by atoms with Gasteiger partial charge in [-0.15, -0.1) is 24.8 Å². The fraction of sp³-hybridized carbons (Fsp3) is 0.875. The Labute approximate surface area is 157 Å². The van der Waals surface area contributed by atoms with Crippen molar-refractivity contribution < 1.29 is 19.8 Å². The third-order valence-corrected chi connectivity index (χ3v) is 4.97. The molecule has 0 spiro atoms. The number of carbonyl (C=O) groups is 2. The fourth-order valence-corrected chi connectivity index (χ4v) is 3.26. The molecule has 2 aliphatic rings. The monoisotopic (exact) mass is 386 g/mol. The summed E-state index contributed by atoms with van der Waals surface area (Å²) in [5.74, 6) is -1.42. The van der Waals surface area contributed by atoms with Crippen LogP contribution in [0.2, 0.25) is 0 Å². The van der Waals surface area contributed by atoms with E-state index in [1.807, 2.05) is 14.1 Å². The third-order valence-electron chi connectivity index (χ3n) is 4.97. The number of carboxylic acid groups (broad SMARTS) is 2. The topological polar surface area (TPSA) is 98.7 Å². The van der Waals surface area contributed by atoms with Gasteiger partial charge in [-0.3, -0.25) is 9.59 Å². The third kappa shape index (κ3) is 9.06. The smallest absolute Gasteiger partial charge is 0.306 e. The highest BCUT2D eigenvalue weighted by molar-refractivity contribution is 5.85. The molecule has 6 nitrogen and oxygen atoms in total. The van der Waals surface area contributed by atoms with Crippen molar-refractivity contribution >= 4 is 36.8 Å². The zero-order valence-corrected chi connectivity index (χ0v) is 16.1. The summed E-state index contributed by atoms with van der Waals surface area (Å²) in [6.45, 7) is 0. The molecule has 2 aliphatic carbocycles. The van der Waals surface area contributed by atoms with Crippen LogP contribution in [0.15, 0.2) is 0 Å². The van der Waals surface area contributed by atoms with Gasteiger partial charge in [0.05, 0.1) is 11.8 Å². The van der Waals surface area contributed by atoms with Gasteiger partial charge in [-0.1, -0.05) is 0 Å². The van der Waals surface area contributed by atoms with E-state index in [9.17, 15) is 9.59 Å². The molecule has 144 valence electrons. The summed E-state index contributed by atoms with van der Waals surface area (Å²) in [5, 5.41) is 23.7. The highest BCUT2D eigenvalue weighted by atomic mass is 35.5. The molecule has 8 heteroatoms. The van der Waals surface area contributed by atoms with E-state index in [4.69, 9.17) is 10.2 Å². The molecule has 2 saturated carbocycles. The standard InChI is InChI=1S/2C8H15NO2.2ClH/c2*1-9-7-4-2-6(3-5-7)8(10)11;;/h2*6-7,9H,2-5H2,1H3,(H,10,11);2*1H. The summed E-state index contributed by atoms with van der Waals surface area (Å²) < 4.78 is 0. The second kappa shape index (κ2) is 13.7. The fourth-order valence-electron chi connectivity index (χ4n) is 3.26. The molecule has 0 amide bonds. The molecular formula is C16H32Cl2N2O4. The number of hydrogen-bond donors (Lipinski definition) is 4. The lowest BCUT2D eigenvalue weighted by Gasteiger charge is -2.25. The Morgan fingerprint density at radius 2 is 0.917 bits per heavy atom. The van der Waals surface area contributed by atoms with E-state index in [-0.39, 0.29) is 36.6 Å². The molecule has 0 radical (unpaired) electrons. The molecule has 0 bridgehead atoms. The molecule has 0 aromatic heterocycles. The largest absolute Gasteiger partial charge is 0.481 e. The molecule has 0 aromatic carbocycles. The first kappa shape index (κ1) is 25.7. The van der Waals surface area contributed by atoms with Crippen molar-refractivity contribution in [3.8, 4) is 0 Å². The normalized spacial score (nSPS) is 29.1. The molecule has 2 rings (SSSR count). The Kier molecular flexibility index (Phi) is 14.7. The van der Waals surface area contributed by atoms with E-state index >= 15 is 0 Å². The van der Waals surface area contributed by atoms with Crippen molar-refractivity contribution in [3.05, 3.63) is 0 Å². The maximum absolute atomic E-state index is 10.5. The van der Waals surface area contributed by atoms with Gasteiger partial charge in [-0.25, -0.2) is 0 Å². The quantitative estimate of drug-likeness (QED) is 0.592. The Morgan fingerprint density at radius 3 is 1.08 bits per heavy atom. The summed E-state index contributed by atoms with van der Waals surface area (Å²) >= 11 is 0. The molecule has 4 N–H and O–H groups in total. The van der Waals surface area contributed by atoms with Crippen LogP contribution in [0, 0.1) is 11.8 Å². The predicted octanol–water partition coefficient (Wildman–Crippen LogP) is 2.54. The van der Waals surface area contributed by atoms with E-state index in [0.29, 0.717) is 12.1 Å². The molecule has 0 saturated heterocycles. The van der Waals surface area contributed by atoms with Crippen molar-refractivity contribution in [2.45, 2.75) is 63.5 Å². The molecule has 0 heterocycles. The van der Waals surface area contributed by atoms with Crippen LogP contribution >= 0.6 is 24.8 Å². The Balaban J connectivity index is 0. The first-order valence-electron chi connectivity index (χ1n) is 8.28. The molecular weight excluding hydrogens is 355 g/mol. The van der Waals surface area contributed by atoms with Gasteiger partial charge in [0.15, 0.2) is 0 Å². The number of hydrogen-bond acceptors (Lipinski definition) is 4. The van der Waals surface area contributed by atoms with Crippen molar-refractivity contribution in [3.63, 3.8) is 0 Å². The zero-order valence-electron chi connectivity index (χ0n) is 14.5. The SMILES string of the molecule is CNC1CCC(C(=O)O)CC1.CNC1CCC(C(=O)O)CC1.Cl.Cl. The van der Waals surface area contributed by atoms with Gasteiger partial charge < -0.3 is 20.8 Å². The van der Waals surface area contributed by atoms with E-state index in [1.54, 1.807) is 0 Å². The number of halogens is 2. The van der Waals surface area contributed by atoms with Crippen LogP contribution in [0.3, 0.4) is 0 Å². The first-order valence-corrected chi connectivity index (χ1v) is 8.28.